The van der Waals surface area contributed by atoms with Gasteiger partial charge in [-0.1, -0.05) is 31.2 Å². The zero-order chi connectivity index (χ0) is 24.8. The van der Waals surface area contributed by atoms with Crippen molar-refractivity contribution < 1.29 is 17.9 Å². The zero-order valence-corrected chi connectivity index (χ0v) is 21.3. The Kier molecular flexibility index (Phi) is 8.20. The van der Waals surface area contributed by atoms with Gasteiger partial charge in [0.2, 0.25) is 15.9 Å². The number of ether oxygens (including phenoxy) is 1. The highest BCUT2D eigenvalue weighted by atomic mass is 32.2. The first kappa shape index (κ1) is 25.3. The summed E-state index contributed by atoms with van der Waals surface area (Å²) in [5.74, 6) is 0.747. The van der Waals surface area contributed by atoms with Gasteiger partial charge in [0.25, 0.3) is 0 Å². The van der Waals surface area contributed by atoms with Crippen LogP contribution < -0.4 is 5.32 Å². The number of rotatable bonds is 11. The summed E-state index contributed by atoms with van der Waals surface area (Å²) < 4.78 is 34.9. The molecule has 0 saturated carbocycles. The van der Waals surface area contributed by atoms with Crippen molar-refractivity contribution in [1.29, 1.82) is 0 Å². The van der Waals surface area contributed by atoms with Gasteiger partial charge in [0.1, 0.15) is 5.82 Å². The number of hydrogen-bond acceptors (Lipinski definition) is 5. The molecule has 1 aliphatic rings. The number of fused-ring (bicyclic) bond motifs is 1. The Balaban J connectivity index is 1.47. The molecule has 0 spiro atoms. The van der Waals surface area contributed by atoms with Crippen LogP contribution in [0.3, 0.4) is 0 Å². The van der Waals surface area contributed by atoms with Crippen LogP contribution in [0.25, 0.3) is 11.0 Å². The van der Waals surface area contributed by atoms with Crippen molar-refractivity contribution in [1.82, 2.24) is 19.2 Å². The van der Waals surface area contributed by atoms with E-state index in [4.69, 9.17) is 9.72 Å². The molecule has 1 saturated heterocycles. The molecule has 1 fully saturated rings. The summed E-state index contributed by atoms with van der Waals surface area (Å²) in [4.78, 5) is 17.6. The number of imidazole rings is 1. The summed E-state index contributed by atoms with van der Waals surface area (Å²) in [5, 5.41) is 3.00. The number of aromatic nitrogens is 2. The van der Waals surface area contributed by atoms with Crippen molar-refractivity contribution in [3.8, 4) is 0 Å². The Bertz CT molecular complexity index is 1280. The lowest BCUT2D eigenvalue weighted by Gasteiger charge is -2.15. The second-order valence-electron chi connectivity index (χ2n) is 8.92. The predicted octanol–water partition coefficient (Wildman–Crippen LogP) is 3.63. The van der Waals surface area contributed by atoms with Crippen LogP contribution in [0.5, 0.6) is 0 Å². The van der Waals surface area contributed by atoms with Gasteiger partial charge in [-0.25, -0.2) is 13.4 Å². The molecule has 1 aliphatic heterocycles. The van der Waals surface area contributed by atoms with Crippen LogP contribution in [-0.4, -0.2) is 48.4 Å². The fourth-order valence-corrected chi connectivity index (χ4v) is 6.13. The lowest BCUT2D eigenvalue weighted by atomic mass is 10.1. The lowest BCUT2D eigenvalue weighted by molar-refractivity contribution is -0.121. The number of nitrogens with zero attached hydrogens (tertiary/aromatic N) is 3. The van der Waals surface area contributed by atoms with Crippen LogP contribution in [0.2, 0.25) is 0 Å². The highest BCUT2D eigenvalue weighted by molar-refractivity contribution is 7.89. The van der Waals surface area contributed by atoms with Gasteiger partial charge in [-0.05, 0) is 48.6 Å². The van der Waals surface area contributed by atoms with Gasteiger partial charge in [0.05, 0.1) is 22.5 Å². The van der Waals surface area contributed by atoms with Crippen molar-refractivity contribution in [2.45, 2.75) is 63.6 Å². The van der Waals surface area contributed by atoms with E-state index in [2.05, 4.69) is 16.8 Å². The van der Waals surface area contributed by atoms with Crippen LogP contribution in [0.1, 0.15) is 49.6 Å². The minimum Gasteiger partial charge on any atom is -0.380 e. The number of benzene rings is 2. The van der Waals surface area contributed by atoms with Gasteiger partial charge in [0.15, 0.2) is 0 Å². The van der Waals surface area contributed by atoms with E-state index in [1.807, 2.05) is 30.3 Å². The van der Waals surface area contributed by atoms with Crippen LogP contribution in [-0.2, 0) is 45.7 Å². The molecule has 2 aromatic carbocycles. The summed E-state index contributed by atoms with van der Waals surface area (Å²) >= 11 is 0. The molecule has 1 amide bonds. The maximum absolute atomic E-state index is 13.0. The van der Waals surface area contributed by atoms with Gasteiger partial charge in [-0.15, -0.1) is 0 Å². The summed E-state index contributed by atoms with van der Waals surface area (Å²) in [7, 11) is -1.85. The molecule has 0 unspecified atom stereocenters. The molecule has 188 valence electrons. The summed E-state index contributed by atoms with van der Waals surface area (Å²) in [6.07, 6.45) is 3.50. The molecule has 1 aromatic heterocycles. The Morgan fingerprint density at radius 3 is 2.57 bits per heavy atom. The molecule has 8 nitrogen and oxygen atoms in total. The van der Waals surface area contributed by atoms with Gasteiger partial charge < -0.3 is 14.6 Å². The predicted molar refractivity (Wildman–Crippen MR) is 135 cm³/mol. The molecule has 0 atom stereocenters. The largest absolute Gasteiger partial charge is 0.380 e. The molecular formula is C26H34N4O4S. The molecule has 9 heteroatoms. The quantitative estimate of drug-likeness (QED) is 0.436. The second-order valence-corrected chi connectivity index (χ2v) is 10.9. The molecule has 35 heavy (non-hydrogen) atoms. The molecular weight excluding hydrogens is 464 g/mol. The Morgan fingerprint density at radius 1 is 1.11 bits per heavy atom. The van der Waals surface area contributed by atoms with Crippen LogP contribution in [0, 0.1) is 0 Å². The van der Waals surface area contributed by atoms with E-state index in [0.29, 0.717) is 44.6 Å². The number of nitrogens with one attached hydrogen (secondary N) is 1. The Labute approximate surface area is 207 Å². The average molecular weight is 499 g/mol. The van der Waals surface area contributed by atoms with E-state index < -0.39 is 10.0 Å². The molecule has 0 bridgehead atoms. The number of carbonyl (C=O) groups is 1. The third kappa shape index (κ3) is 5.74. The number of sulfonamides is 1. The fourth-order valence-electron chi connectivity index (χ4n) is 4.60. The second kappa shape index (κ2) is 11.3. The summed E-state index contributed by atoms with van der Waals surface area (Å²) in [6, 6.07) is 13.1. The highest BCUT2D eigenvalue weighted by Crippen LogP contribution is 2.26. The fraction of sp³-hybridized carbons (Fsp3) is 0.462. The Morgan fingerprint density at radius 2 is 1.86 bits per heavy atom. The smallest absolute Gasteiger partial charge is 0.243 e. The standard InChI is InChI=1S/C26H34N4O4S/c1-3-14-30-24-11-10-22(35(32,33)29-15-6-7-16-29)17-23(24)28-25(30)12-13-26(31)27-18-20-8-4-5-9-21(20)19-34-2/h4-5,8-11,17H,3,6-7,12-16,18-19H2,1-2H3,(H,27,31). The van der Waals surface area contributed by atoms with Crippen LogP contribution in [0.4, 0.5) is 0 Å². The van der Waals surface area contributed by atoms with Crippen molar-refractivity contribution in [2.24, 2.45) is 0 Å². The van der Waals surface area contributed by atoms with E-state index in [0.717, 1.165) is 48.3 Å². The SMILES string of the molecule is CCCn1c(CCC(=O)NCc2ccccc2COC)nc2cc(S(=O)(=O)N3CCCC3)ccc21. The van der Waals surface area contributed by atoms with Crippen molar-refractivity contribution in [3.05, 3.63) is 59.4 Å². The van der Waals surface area contributed by atoms with E-state index in [9.17, 15) is 13.2 Å². The minimum absolute atomic E-state index is 0.0513. The molecule has 2 heterocycles. The first-order valence-corrected chi connectivity index (χ1v) is 13.7. The molecule has 1 N–H and O–H groups in total. The number of methoxy groups -OCH3 is 1. The van der Waals surface area contributed by atoms with E-state index in [1.165, 1.54) is 0 Å². The van der Waals surface area contributed by atoms with Gasteiger partial charge in [-0.2, -0.15) is 4.31 Å². The lowest BCUT2D eigenvalue weighted by Crippen LogP contribution is -2.27. The van der Waals surface area contributed by atoms with Crippen molar-refractivity contribution in [2.75, 3.05) is 20.2 Å². The molecule has 0 radical (unpaired) electrons. The average Bonchev–Trinajstić information content (AvgIpc) is 3.51. The number of aryl methyl sites for hydroxylation is 2. The zero-order valence-electron chi connectivity index (χ0n) is 20.5. The molecule has 3 aromatic rings. The topological polar surface area (TPSA) is 93.5 Å². The Hall–Kier alpha value is -2.75. The maximum atomic E-state index is 13.0. The number of hydrogen-bond donors (Lipinski definition) is 1. The molecule has 4 rings (SSSR count). The van der Waals surface area contributed by atoms with Crippen molar-refractivity contribution >= 4 is 27.0 Å². The van der Waals surface area contributed by atoms with Crippen LogP contribution >= 0.6 is 0 Å². The van der Waals surface area contributed by atoms with E-state index in [1.54, 1.807) is 23.5 Å². The first-order valence-electron chi connectivity index (χ1n) is 12.3. The third-order valence-electron chi connectivity index (χ3n) is 6.42. The van der Waals surface area contributed by atoms with Gasteiger partial charge in [0, 0.05) is 46.1 Å². The summed E-state index contributed by atoms with van der Waals surface area (Å²) in [5.41, 5.74) is 3.64. The van der Waals surface area contributed by atoms with Crippen molar-refractivity contribution in [3.63, 3.8) is 0 Å². The first-order chi connectivity index (χ1) is 16.9. The number of carbonyl (C=O) groups excluding carboxylic acids is 1. The third-order valence-corrected chi connectivity index (χ3v) is 8.31. The van der Waals surface area contributed by atoms with Gasteiger partial charge in [-0.3, -0.25) is 4.79 Å². The molecule has 0 aliphatic carbocycles. The van der Waals surface area contributed by atoms with Gasteiger partial charge >= 0.3 is 0 Å². The van der Waals surface area contributed by atoms with E-state index in [-0.39, 0.29) is 10.8 Å². The normalized spacial score (nSPS) is 14.6. The number of amides is 1. The van der Waals surface area contributed by atoms with Crippen LogP contribution in [0.15, 0.2) is 47.4 Å². The summed E-state index contributed by atoms with van der Waals surface area (Å²) in [6.45, 7) is 4.94. The maximum Gasteiger partial charge on any atom is 0.243 e. The minimum atomic E-state index is -3.50. The highest BCUT2D eigenvalue weighted by Gasteiger charge is 2.27. The monoisotopic (exact) mass is 498 g/mol. The van der Waals surface area contributed by atoms with E-state index >= 15 is 0 Å².